The van der Waals surface area contributed by atoms with Gasteiger partial charge in [-0.05, 0) is 33.1 Å². The second-order valence-corrected chi connectivity index (χ2v) is 5.19. The molecule has 1 aliphatic heterocycles. The maximum Gasteiger partial charge on any atom is 0.241 e. The van der Waals surface area contributed by atoms with Gasteiger partial charge >= 0.3 is 0 Å². The lowest BCUT2D eigenvalue weighted by Gasteiger charge is -2.32. The number of nitrogens with zero attached hydrogens (tertiary/aromatic N) is 2. The first-order chi connectivity index (χ1) is 8.45. The Bertz CT molecular complexity index is 305. The Morgan fingerprint density at radius 2 is 1.94 bits per heavy atom. The molecule has 2 amide bonds. The van der Waals surface area contributed by atoms with E-state index in [2.05, 4.69) is 12.2 Å². The van der Waals surface area contributed by atoms with Crippen molar-refractivity contribution in [3.63, 3.8) is 0 Å². The van der Waals surface area contributed by atoms with E-state index in [0.29, 0.717) is 12.6 Å². The van der Waals surface area contributed by atoms with E-state index in [9.17, 15) is 9.59 Å². The highest BCUT2D eigenvalue weighted by Gasteiger charge is 2.28. The van der Waals surface area contributed by atoms with Crippen LogP contribution in [0.25, 0.3) is 0 Å². The summed E-state index contributed by atoms with van der Waals surface area (Å²) >= 11 is 0. The number of carbonyl (C=O) groups excluding carboxylic acids is 2. The Morgan fingerprint density at radius 1 is 1.28 bits per heavy atom. The molecule has 0 aromatic heterocycles. The summed E-state index contributed by atoms with van der Waals surface area (Å²) in [6, 6.07) is 0.264. The number of nitrogens with one attached hydrogen (secondary N) is 1. The highest BCUT2D eigenvalue weighted by Crippen LogP contribution is 2.14. The molecule has 0 saturated carbocycles. The molecule has 1 N–H and O–H groups in total. The molecule has 1 rings (SSSR count). The van der Waals surface area contributed by atoms with E-state index in [1.807, 2.05) is 6.92 Å². The molecule has 1 fully saturated rings. The highest BCUT2D eigenvalue weighted by molar-refractivity contribution is 5.87. The summed E-state index contributed by atoms with van der Waals surface area (Å²) in [6.07, 6.45) is 3.06. The summed E-state index contributed by atoms with van der Waals surface area (Å²) in [4.78, 5) is 27.2. The van der Waals surface area contributed by atoms with E-state index in [1.54, 1.807) is 19.0 Å². The second-order valence-electron chi connectivity index (χ2n) is 5.19. The van der Waals surface area contributed by atoms with Crippen LogP contribution in [-0.4, -0.2) is 60.9 Å². The number of hydrogen-bond donors (Lipinski definition) is 1. The summed E-state index contributed by atoms with van der Waals surface area (Å²) in [6.45, 7) is 4.76. The largest absolute Gasteiger partial charge is 0.347 e. The maximum absolute atomic E-state index is 12.3. The average Bonchev–Trinajstić information content (AvgIpc) is 2.34. The minimum absolute atomic E-state index is 0.0333. The van der Waals surface area contributed by atoms with Crippen LogP contribution in [0.15, 0.2) is 0 Å². The standard InChI is InChI=1S/C13H25N3O2/c1-5-16(9-12(17)15(3)4)13(18)11-8-6-7-10(2)14-11/h10-11,14H,5-9H2,1-4H3. The van der Waals surface area contributed by atoms with Gasteiger partial charge in [-0.3, -0.25) is 9.59 Å². The Balaban J connectivity index is 2.58. The van der Waals surface area contributed by atoms with Gasteiger partial charge in [0.25, 0.3) is 0 Å². The van der Waals surface area contributed by atoms with E-state index >= 15 is 0 Å². The molecule has 0 aliphatic carbocycles. The maximum atomic E-state index is 12.3. The molecule has 0 aromatic carbocycles. The first-order valence-corrected chi connectivity index (χ1v) is 6.70. The van der Waals surface area contributed by atoms with Gasteiger partial charge in [-0.1, -0.05) is 0 Å². The Hall–Kier alpha value is -1.10. The minimum Gasteiger partial charge on any atom is -0.347 e. The first kappa shape index (κ1) is 15.0. The van der Waals surface area contributed by atoms with Crippen LogP contribution < -0.4 is 5.32 Å². The monoisotopic (exact) mass is 255 g/mol. The minimum atomic E-state index is -0.122. The van der Waals surface area contributed by atoms with Crippen LogP contribution in [0.4, 0.5) is 0 Å². The van der Waals surface area contributed by atoms with Gasteiger partial charge in [-0.15, -0.1) is 0 Å². The number of hydrogen-bond acceptors (Lipinski definition) is 3. The fourth-order valence-corrected chi connectivity index (χ4v) is 2.20. The number of piperidine rings is 1. The second kappa shape index (κ2) is 6.73. The summed E-state index contributed by atoms with van der Waals surface area (Å²) in [7, 11) is 3.42. The molecule has 0 aromatic rings. The van der Waals surface area contributed by atoms with Crippen molar-refractivity contribution >= 4 is 11.8 Å². The number of amides is 2. The van der Waals surface area contributed by atoms with Gasteiger partial charge in [-0.25, -0.2) is 0 Å². The third-order valence-electron chi connectivity index (χ3n) is 3.43. The van der Waals surface area contributed by atoms with Crippen molar-refractivity contribution in [1.82, 2.24) is 15.1 Å². The van der Waals surface area contributed by atoms with Gasteiger partial charge in [0.05, 0.1) is 12.6 Å². The topological polar surface area (TPSA) is 52.7 Å². The molecule has 2 atom stereocenters. The van der Waals surface area contributed by atoms with Crippen LogP contribution in [0.1, 0.15) is 33.1 Å². The van der Waals surface area contributed by atoms with Gasteiger partial charge in [0, 0.05) is 26.7 Å². The zero-order chi connectivity index (χ0) is 13.7. The van der Waals surface area contributed by atoms with Crippen LogP contribution in [0.3, 0.4) is 0 Å². The summed E-state index contributed by atoms with van der Waals surface area (Å²) in [5.74, 6) is 0.0216. The summed E-state index contributed by atoms with van der Waals surface area (Å²) in [5.41, 5.74) is 0. The Kier molecular flexibility index (Phi) is 5.59. The molecule has 0 bridgehead atoms. The predicted octanol–water partition coefficient (Wildman–Crippen LogP) is 0.454. The fourth-order valence-electron chi connectivity index (χ4n) is 2.20. The van der Waals surface area contributed by atoms with Gasteiger partial charge in [0.1, 0.15) is 0 Å². The SMILES string of the molecule is CCN(CC(=O)N(C)C)C(=O)C1CCCC(C)N1. The summed E-state index contributed by atoms with van der Waals surface area (Å²) < 4.78 is 0. The molecule has 5 heteroatoms. The lowest BCUT2D eigenvalue weighted by atomic mass is 9.98. The zero-order valence-electron chi connectivity index (χ0n) is 11.9. The third kappa shape index (κ3) is 3.98. The number of carbonyl (C=O) groups is 2. The highest BCUT2D eigenvalue weighted by atomic mass is 16.2. The van der Waals surface area contributed by atoms with Gasteiger partial charge < -0.3 is 15.1 Å². The zero-order valence-corrected chi connectivity index (χ0v) is 11.9. The summed E-state index contributed by atoms with van der Waals surface area (Å²) in [5, 5.41) is 3.32. The average molecular weight is 255 g/mol. The molecule has 0 spiro atoms. The van der Waals surface area contributed by atoms with Crippen molar-refractivity contribution in [3.05, 3.63) is 0 Å². The first-order valence-electron chi connectivity index (χ1n) is 6.70. The quantitative estimate of drug-likeness (QED) is 0.794. The predicted molar refractivity (Wildman–Crippen MR) is 71.2 cm³/mol. The van der Waals surface area contributed by atoms with Crippen molar-refractivity contribution in [2.45, 2.75) is 45.2 Å². The lowest BCUT2D eigenvalue weighted by molar-refractivity contribution is -0.140. The Labute approximate surface area is 110 Å². The molecular weight excluding hydrogens is 230 g/mol. The molecule has 18 heavy (non-hydrogen) atoms. The van der Waals surface area contributed by atoms with Gasteiger partial charge in [-0.2, -0.15) is 0 Å². The number of likely N-dealkylation sites (N-methyl/N-ethyl adjacent to an activating group) is 2. The smallest absolute Gasteiger partial charge is 0.241 e. The lowest BCUT2D eigenvalue weighted by Crippen LogP contribution is -2.53. The van der Waals surface area contributed by atoms with E-state index < -0.39 is 0 Å². The molecule has 1 aliphatic rings. The van der Waals surface area contributed by atoms with Crippen molar-refractivity contribution in [2.75, 3.05) is 27.2 Å². The molecule has 1 heterocycles. The van der Waals surface area contributed by atoms with Crippen molar-refractivity contribution in [2.24, 2.45) is 0 Å². The number of rotatable bonds is 4. The van der Waals surface area contributed by atoms with E-state index in [0.717, 1.165) is 19.3 Å². The molecule has 5 nitrogen and oxygen atoms in total. The van der Waals surface area contributed by atoms with Crippen LogP contribution in [0.5, 0.6) is 0 Å². The van der Waals surface area contributed by atoms with E-state index in [-0.39, 0.29) is 24.4 Å². The molecule has 2 unspecified atom stereocenters. The molecule has 1 saturated heterocycles. The molecule has 104 valence electrons. The van der Waals surface area contributed by atoms with Gasteiger partial charge in [0.15, 0.2) is 0 Å². The fraction of sp³-hybridized carbons (Fsp3) is 0.846. The van der Waals surface area contributed by atoms with Crippen molar-refractivity contribution in [1.29, 1.82) is 0 Å². The normalized spacial score (nSPS) is 23.6. The van der Waals surface area contributed by atoms with E-state index in [1.165, 1.54) is 4.90 Å². The van der Waals surface area contributed by atoms with Crippen LogP contribution >= 0.6 is 0 Å². The van der Waals surface area contributed by atoms with Crippen molar-refractivity contribution in [3.8, 4) is 0 Å². The van der Waals surface area contributed by atoms with Crippen molar-refractivity contribution < 1.29 is 9.59 Å². The van der Waals surface area contributed by atoms with E-state index in [4.69, 9.17) is 0 Å². The van der Waals surface area contributed by atoms with Crippen LogP contribution in [0, 0.1) is 0 Å². The third-order valence-corrected chi connectivity index (χ3v) is 3.43. The molecular formula is C13H25N3O2. The van der Waals surface area contributed by atoms with Crippen LogP contribution in [0.2, 0.25) is 0 Å². The van der Waals surface area contributed by atoms with Gasteiger partial charge in [0.2, 0.25) is 11.8 Å². The van der Waals surface area contributed by atoms with Crippen LogP contribution in [-0.2, 0) is 9.59 Å². The molecule has 0 radical (unpaired) electrons. The Morgan fingerprint density at radius 3 is 2.44 bits per heavy atom.